The highest BCUT2D eigenvalue weighted by molar-refractivity contribution is 7.18. The summed E-state index contributed by atoms with van der Waals surface area (Å²) in [6, 6.07) is 5.93. The van der Waals surface area contributed by atoms with Crippen molar-refractivity contribution in [3.8, 4) is 0 Å². The van der Waals surface area contributed by atoms with Gasteiger partial charge in [0.05, 0.1) is 23.8 Å². The summed E-state index contributed by atoms with van der Waals surface area (Å²) in [5.74, 6) is -0.409. The normalized spacial score (nSPS) is 14.0. The standard InChI is InChI=1S/C19H15FN4O2S/c20-12-2-1-10-5-11(17(25)23-14(10)6-12)8-24-9-22-18-16(19(24)26)13-3-4-21-7-15(13)27-18/h1-2,5-6,9,21H,3-4,7-8H2,(H,23,25). The number of halogens is 1. The molecule has 136 valence electrons. The lowest BCUT2D eigenvalue weighted by atomic mass is 10.1. The maximum Gasteiger partial charge on any atom is 0.262 e. The van der Waals surface area contributed by atoms with Crippen molar-refractivity contribution in [3.05, 3.63) is 73.1 Å². The number of aromatic amines is 1. The third-order valence-electron chi connectivity index (χ3n) is 4.92. The molecule has 0 saturated heterocycles. The Bertz CT molecular complexity index is 1320. The molecule has 5 rings (SSSR count). The van der Waals surface area contributed by atoms with E-state index < -0.39 is 5.82 Å². The lowest BCUT2D eigenvalue weighted by Gasteiger charge is -2.12. The maximum atomic E-state index is 13.3. The van der Waals surface area contributed by atoms with Crippen molar-refractivity contribution >= 4 is 32.5 Å². The van der Waals surface area contributed by atoms with Gasteiger partial charge in [-0.25, -0.2) is 9.37 Å². The summed E-state index contributed by atoms with van der Waals surface area (Å²) >= 11 is 1.54. The Balaban J connectivity index is 1.62. The summed E-state index contributed by atoms with van der Waals surface area (Å²) in [4.78, 5) is 34.4. The van der Waals surface area contributed by atoms with Crippen LogP contribution in [0.5, 0.6) is 0 Å². The van der Waals surface area contributed by atoms with E-state index in [9.17, 15) is 14.0 Å². The quantitative estimate of drug-likeness (QED) is 0.557. The molecule has 1 aliphatic rings. The molecule has 0 fully saturated rings. The molecule has 0 saturated carbocycles. The van der Waals surface area contributed by atoms with Crippen molar-refractivity contribution < 1.29 is 4.39 Å². The van der Waals surface area contributed by atoms with Crippen LogP contribution in [-0.4, -0.2) is 21.1 Å². The van der Waals surface area contributed by atoms with Gasteiger partial charge in [-0.1, -0.05) is 0 Å². The summed E-state index contributed by atoms with van der Waals surface area (Å²) in [6.45, 7) is 1.72. The van der Waals surface area contributed by atoms with Crippen molar-refractivity contribution in [2.75, 3.05) is 6.54 Å². The minimum Gasteiger partial charge on any atom is -0.322 e. The second-order valence-electron chi connectivity index (χ2n) is 6.64. The topological polar surface area (TPSA) is 79.8 Å². The summed E-state index contributed by atoms with van der Waals surface area (Å²) in [6.07, 6.45) is 2.30. The lowest BCUT2D eigenvalue weighted by molar-refractivity contribution is 0.629. The van der Waals surface area contributed by atoms with Crippen LogP contribution in [0.1, 0.15) is 16.0 Å². The van der Waals surface area contributed by atoms with Crippen LogP contribution in [0.2, 0.25) is 0 Å². The number of nitrogens with zero attached hydrogens (tertiary/aromatic N) is 2. The van der Waals surface area contributed by atoms with Crippen LogP contribution in [0.15, 0.2) is 40.2 Å². The Morgan fingerprint density at radius 2 is 2.15 bits per heavy atom. The molecule has 6 nitrogen and oxygen atoms in total. The van der Waals surface area contributed by atoms with Crippen LogP contribution < -0.4 is 16.4 Å². The smallest absolute Gasteiger partial charge is 0.262 e. The van der Waals surface area contributed by atoms with E-state index in [1.165, 1.54) is 23.0 Å². The van der Waals surface area contributed by atoms with Crippen molar-refractivity contribution in [2.45, 2.75) is 19.5 Å². The Labute approximate surface area is 156 Å². The molecule has 2 N–H and O–H groups in total. The van der Waals surface area contributed by atoms with Gasteiger partial charge in [0.25, 0.3) is 11.1 Å². The van der Waals surface area contributed by atoms with Gasteiger partial charge in [0.1, 0.15) is 10.6 Å². The molecule has 0 aliphatic carbocycles. The zero-order chi connectivity index (χ0) is 18.5. The molecule has 4 heterocycles. The molecule has 0 bridgehead atoms. The minimum atomic E-state index is -0.409. The van der Waals surface area contributed by atoms with E-state index in [1.807, 2.05) is 0 Å². The predicted octanol–water partition coefficient (Wildman–Crippen LogP) is 2.13. The molecule has 0 spiro atoms. The second kappa shape index (κ2) is 6.11. The van der Waals surface area contributed by atoms with Gasteiger partial charge in [-0.05, 0) is 48.2 Å². The SMILES string of the molecule is O=c1[nH]c2cc(F)ccc2cc1Cn1cnc2sc3c(c2c1=O)CCNC3. The van der Waals surface area contributed by atoms with E-state index in [2.05, 4.69) is 15.3 Å². The van der Waals surface area contributed by atoms with Gasteiger partial charge in [0, 0.05) is 17.0 Å². The molecular formula is C19H15FN4O2S. The maximum absolute atomic E-state index is 13.3. The highest BCUT2D eigenvalue weighted by Gasteiger charge is 2.20. The number of hydrogen-bond acceptors (Lipinski definition) is 5. The molecule has 8 heteroatoms. The molecule has 0 amide bonds. The molecule has 27 heavy (non-hydrogen) atoms. The van der Waals surface area contributed by atoms with Gasteiger partial charge in [0.2, 0.25) is 0 Å². The van der Waals surface area contributed by atoms with Crippen LogP contribution in [0.3, 0.4) is 0 Å². The van der Waals surface area contributed by atoms with Gasteiger partial charge in [0.15, 0.2) is 0 Å². The first kappa shape index (κ1) is 16.3. The summed E-state index contributed by atoms with van der Waals surface area (Å²) in [7, 11) is 0. The van der Waals surface area contributed by atoms with E-state index in [0.717, 1.165) is 34.8 Å². The van der Waals surface area contributed by atoms with Crippen molar-refractivity contribution in [1.29, 1.82) is 0 Å². The monoisotopic (exact) mass is 382 g/mol. The largest absolute Gasteiger partial charge is 0.322 e. The first-order valence-corrected chi connectivity index (χ1v) is 9.43. The van der Waals surface area contributed by atoms with E-state index >= 15 is 0 Å². The number of nitrogens with one attached hydrogen (secondary N) is 2. The number of thiophene rings is 1. The second-order valence-corrected chi connectivity index (χ2v) is 7.73. The molecule has 0 radical (unpaired) electrons. The van der Waals surface area contributed by atoms with Gasteiger partial charge in [-0.2, -0.15) is 0 Å². The summed E-state index contributed by atoms with van der Waals surface area (Å²) in [5, 5.41) is 4.69. The fraction of sp³-hybridized carbons (Fsp3) is 0.211. The average molecular weight is 382 g/mol. The zero-order valence-corrected chi connectivity index (χ0v) is 15.0. The highest BCUT2D eigenvalue weighted by atomic mass is 32.1. The van der Waals surface area contributed by atoms with Crippen LogP contribution in [-0.2, 0) is 19.5 Å². The molecule has 4 aromatic rings. The molecular weight excluding hydrogens is 367 g/mol. The van der Waals surface area contributed by atoms with E-state index in [4.69, 9.17) is 0 Å². The summed E-state index contributed by atoms with van der Waals surface area (Å²) < 4.78 is 14.8. The summed E-state index contributed by atoms with van der Waals surface area (Å²) in [5.41, 5.74) is 1.48. The van der Waals surface area contributed by atoms with E-state index in [1.54, 1.807) is 23.5 Å². The molecule has 0 unspecified atom stereocenters. The molecule has 1 aromatic carbocycles. The van der Waals surface area contributed by atoms with Gasteiger partial charge in [-0.3, -0.25) is 14.2 Å². The number of pyridine rings is 1. The van der Waals surface area contributed by atoms with E-state index in [-0.39, 0.29) is 17.7 Å². The van der Waals surface area contributed by atoms with Gasteiger partial charge >= 0.3 is 0 Å². The van der Waals surface area contributed by atoms with E-state index in [0.29, 0.717) is 21.9 Å². The van der Waals surface area contributed by atoms with Crippen LogP contribution in [0.25, 0.3) is 21.1 Å². The number of rotatable bonds is 2. The molecule has 3 aromatic heterocycles. The van der Waals surface area contributed by atoms with Crippen molar-refractivity contribution in [1.82, 2.24) is 19.9 Å². The van der Waals surface area contributed by atoms with Gasteiger partial charge in [-0.15, -0.1) is 11.3 Å². The fourth-order valence-electron chi connectivity index (χ4n) is 3.58. The third kappa shape index (κ3) is 2.68. The van der Waals surface area contributed by atoms with Crippen LogP contribution in [0, 0.1) is 5.82 Å². The first-order valence-electron chi connectivity index (χ1n) is 8.62. The highest BCUT2D eigenvalue weighted by Crippen LogP contribution is 2.29. The third-order valence-corrected chi connectivity index (χ3v) is 6.06. The molecule has 0 atom stereocenters. The van der Waals surface area contributed by atoms with Crippen LogP contribution >= 0.6 is 11.3 Å². The van der Waals surface area contributed by atoms with Crippen molar-refractivity contribution in [3.63, 3.8) is 0 Å². The number of aromatic nitrogens is 3. The Kier molecular flexibility index (Phi) is 3.70. The Hall–Kier alpha value is -2.84. The Morgan fingerprint density at radius 3 is 3.04 bits per heavy atom. The Morgan fingerprint density at radius 1 is 1.26 bits per heavy atom. The number of fused-ring (bicyclic) bond motifs is 4. The molecule has 1 aliphatic heterocycles. The minimum absolute atomic E-state index is 0.118. The van der Waals surface area contributed by atoms with Crippen molar-refractivity contribution in [2.24, 2.45) is 0 Å². The fourth-order valence-corrected chi connectivity index (χ4v) is 4.73. The average Bonchev–Trinajstić information content (AvgIpc) is 3.04. The predicted molar refractivity (Wildman–Crippen MR) is 103 cm³/mol. The van der Waals surface area contributed by atoms with Gasteiger partial charge < -0.3 is 10.3 Å². The number of hydrogen-bond donors (Lipinski definition) is 2. The lowest BCUT2D eigenvalue weighted by Crippen LogP contribution is -2.26. The number of benzene rings is 1. The zero-order valence-electron chi connectivity index (χ0n) is 14.2. The van der Waals surface area contributed by atoms with Crippen LogP contribution in [0.4, 0.5) is 4.39 Å². The number of H-pyrrole nitrogens is 1. The first-order chi connectivity index (χ1) is 13.1.